The fourth-order valence-electron chi connectivity index (χ4n) is 1.13. The van der Waals surface area contributed by atoms with Gasteiger partial charge in [0.1, 0.15) is 0 Å². The van der Waals surface area contributed by atoms with Gasteiger partial charge in [0.05, 0.1) is 0 Å². The van der Waals surface area contributed by atoms with E-state index in [-0.39, 0.29) is 35.5 Å². The van der Waals surface area contributed by atoms with Crippen molar-refractivity contribution in [3.63, 3.8) is 0 Å². The summed E-state index contributed by atoms with van der Waals surface area (Å²) in [7, 11) is 0. The summed E-state index contributed by atoms with van der Waals surface area (Å²) in [4.78, 5) is 0. The van der Waals surface area contributed by atoms with Crippen LogP contribution in [0.4, 0.5) is 0 Å². The molecule has 1 rings (SSSR count). The van der Waals surface area contributed by atoms with Gasteiger partial charge in [-0.1, -0.05) is 26.8 Å². The van der Waals surface area contributed by atoms with Gasteiger partial charge in [-0.15, -0.1) is 16.7 Å². The predicted octanol–water partition coefficient (Wildman–Crippen LogP) is -0.583. The second-order valence-corrected chi connectivity index (χ2v) is 2.87. The molecule has 0 aromatic heterocycles. The molecule has 0 saturated heterocycles. The van der Waals surface area contributed by atoms with E-state index >= 15 is 0 Å². The van der Waals surface area contributed by atoms with Crippen molar-refractivity contribution in [1.82, 2.24) is 0 Å². The Morgan fingerprint density at radius 3 is 2.00 bits per heavy atom. The summed E-state index contributed by atoms with van der Waals surface area (Å²) in [6.07, 6.45) is 0. The van der Waals surface area contributed by atoms with Crippen LogP contribution in [0.15, 0.2) is 12.1 Å². The molecule has 2 heteroatoms. The average Bonchev–Trinajstić information content (AvgIpc) is 1.82. The zero-order valence-electron chi connectivity index (χ0n) is 7.95. The second kappa shape index (κ2) is 5.73. The first kappa shape index (κ1) is 14.7. The van der Waals surface area contributed by atoms with Crippen molar-refractivity contribution in [3.8, 4) is 0 Å². The molecule has 0 nitrogen and oxygen atoms in total. The maximum atomic E-state index is 3.94. The van der Waals surface area contributed by atoms with Crippen molar-refractivity contribution in [2.24, 2.45) is 0 Å². The Morgan fingerprint density at radius 2 is 1.58 bits per heavy atom. The fourth-order valence-corrected chi connectivity index (χ4v) is 1.13. The van der Waals surface area contributed by atoms with Crippen LogP contribution in [0.5, 0.6) is 0 Å². The molecule has 0 saturated carbocycles. The van der Waals surface area contributed by atoms with Gasteiger partial charge in [-0.05, 0) is 0 Å². The van der Waals surface area contributed by atoms with Crippen molar-refractivity contribution in [2.45, 2.75) is 20.8 Å². The number of hydrogen-bond acceptors (Lipinski definition) is 0. The number of benzene rings is 1. The zero-order valence-corrected chi connectivity index (χ0v) is 10.1. The normalized spacial score (nSPS) is 8.25. The largest absolute Gasteiger partial charge is 2.00 e. The quantitative estimate of drug-likeness (QED) is 0.382. The summed E-state index contributed by atoms with van der Waals surface area (Å²) in [5, 5.41) is 0. The number of rotatable bonds is 0. The van der Waals surface area contributed by atoms with Crippen LogP contribution in [-0.4, -0.2) is 23.1 Å². The molecule has 12 heavy (non-hydrogen) atoms. The second-order valence-electron chi connectivity index (χ2n) is 2.87. The molecule has 0 unspecified atom stereocenters. The Balaban J connectivity index is 0. The Labute approximate surface area is 97.3 Å². The molecule has 0 atom stereocenters. The molecule has 0 bridgehead atoms. The van der Waals surface area contributed by atoms with Gasteiger partial charge in [0.2, 0.25) is 0 Å². The number of hydrogen-bond donors (Lipinski definition) is 0. The molecular formula is C10H13ClMg. The van der Waals surface area contributed by atoms with E-state index in [1.54, 1.807) is 0 Å². The number of aryl methyl sites for hydroxylation is 2. The van der Waals surface area contributed by atoms with E-state index in [1.165, 1.54) is 16.7 Å². The van der Waals surface area contributed by atoms with Crippen molar-refractivity contribution < 1.29 is 12.4 Å². The predicted molar refractivity (Wildman–Crippen MR) is 50.9 cm³/mol. The summed E-state index contributed by atoms with van der Waals surface area (Å²) >= 11 is 0. The minimum absolute atomic E-state index is 0. The third kappa shape index (κ3) is 3.26. The molecular weight excluding hydrogens is 180 g/mol. The molecule has 0 spiro atoms. The van der Waals surface area contributed by atoms with E-state index in [9.17, 15) is 0 Å². The molecule has 0 N–H and O–H groups in total. The minimum Gasteiger partial charge on any atom is -1.00 e. The summed E-state index contributed by atoms with van der Waals surface area (Å²) < 4.78 is 0. The average molecular weight is 193 g/mol. The minimum atomic E-state index is 0. The third-order valence-corrected chi connectivity index (χ3v) is 1.92. The van der Waals surface area contributed by atoms with Crippen LogP contribution < -0.4 is 12.4 Å². The van der Waals surface area contributed by atoms with E-state index < -0.39 is 0 Å². The number of halogens is 1. The van der Waals surface area contributed by atoms with Crippen molar-refractivity contribution in [2.75, 3.05) is 0 Å². The van der Waals surface area contributed by atoms with Crippen LogP contribution in [0.2, 0.25) is 0 Å². The van der Waals surface area contributed by atoms with Crippen LogP contribution in [0, 0.1) is 27.7 Å². The Bertz CT molecular complexity index is 233. The molecule has 1 aromatic carbocycles. The standard InChI is InChI=1S/C10H13.ClH.Mg/c1-7-5-8(2)10(4)9(3)6-7;;/h5-6H,2H2,1,3-4H3;1H;/q-1;;+2/p-1. The Hall–Kier alpha value is 0.146. The van der Waals surface area contributed by atoms with Crippen molar-refractivity contribution in [3.05, 3.63) is 41.3 Å². The van der Waals surface area contributed by atoms with Gasteiger partial charge in [0, 0.05) is 0 Å². The summed E-state index contributed by atoms with van der Waals surface area (Å²) in [5.74, 6) is 0. The van der Waals surface area contributed by atoms with Gasteiger partial charge in [0.25, 0.3) is 0 Å². The maximum Gasteiger partial charge on any atom is 2.00 e. The Morgan fingerprint density at radius 1 is 1.08 bits per heavy atom. The van der Waals surface area contributed by atoms with E-state index in [4.69, 9.17) is 0 Å². The van der Waals surface area contributed by atoms with Crippen LogP contribution in [-0.2, 0) is 0 Å². The van der Waals surface area contributed by atoms with E-state index in [0.717, 1.165) is 5.56 Å². The van der Waals surface area contributed by atoms with E-state index in [2.05, 4.69) is 39.8 Å². The topological polar surface area (TPSA) is 0 Å². The van der Waals surface area contributed by atoms with Gasteiger partial charge >= 0.3 is 23.1 Å². The van der Waals surface area contributed by atoms with Crippen LogP contribution >= 0.6 is 0 Å². The van der Waals surface area contributed by atoms with Crippen molar-refractivity contribution >= 4 is 23.1 Å². The first-order valence-electron chi connectivity index (χ1n) is 3.51. The van der Waals surface area contributed by atoms with Crippen LogP contribution in [0.1, 0.15) is 22.3 Å². The molecule has 0 heterocycles. The van der Waals surface area contributed by atoms with E-state index in [0.29, 0.717) is 0 Å². The molecule has 0 aliphatic heterocycles. The molecule has 0 aliphatic carbocycles. The van der Waals surface area contributed by atoms with Gasteiger partial charge < -0.3 is 12.4 Å². The van der Waals surface area contributed by atoms with Gasteiger partial charge in [0.15, 0.2) is 0 Å². The van der Waals surface area contributed by atoms with Gasteiger partial charge in [-0.3, -0.25) is 0 Å². The summed E-state index contributed by atoms with van der Waals surface area (Å²) in [6, 6.07) is 4.30. The molecule has 0 amide bonds. The molecule has 62 valence electrons. The molecule has 1 aromatic rings. The van der Waals surface area contributed by atoms with Crippen molar-refractivity contribution in [1.29, 1.82) is 0 Å². The Kier molecular flexibility index (Phi) is 7.00. The smallest absolute Gasteiger partial charge is 1.00 e. The molecule has 0 radical (unpaired) electrons. The zero-order chi connectivity index (χ0) is 7.72. The summed E-state index contributed by atoms with van der Waals surface area (Å²) in [6.45, 7) is 10.3. The third-order valence-electron chi connectivity index (χ3n) is 1.92. The van der Waals surface area contributed by atoms with Gasteiger partial charge in [-0.2, -0.15) is 18.6 Å². The summed E-state index contributed by atoms with van der Waals surface area (Å²) in [5.41, 5.74) is 5.10. The monoisotopic (exact) mass is 192 g/mol. The molecule has 0 fully saturated rings. The first-order chi connectivity index (χ1) is 4.61. The van der Waals surface area contributed by atoms with Crippen LogP contribution in [0.3, 0.4) is 0 Å². The van der Waals surface area contributed by atoms with Crippen LogP contribution in [0.25, 0.3) is 0 Å². The SMILES string of the molecule is [CH2-]c1cc(C)cc(C)c1C.[Cl-].[Mg+2]. The van der Waals surface area contributed by atoms with Gasteiger partial charge in [-0.25, -0.2) is 0 Å². The molecule has 0 aliphatic rings. The first-order valence-corrected chi connectivity index (χ1v) is 3.51. The fraction of sp³-hybridized carbons (Fsp3) is 0.300. The maximum absolute atomic E-state index is 3.94. The van der Waals surface area contributed by atoms with E-state index in [1.807, 2.05) is 0 Å².